The van der Waals surface area contributed by atoms with Crippen LogP contribution < -0.4 is 4.72 Å². The molecule has 98 valence electrons. The van der Waals surface area contributed by atoms with Gasteiger partial charge in [0, 0.05) is 18.1 Å². The fraction of sp³-hybridized carbons (Fsp3) is 0.400. The quantitative estimate of drug-likeness (QED) is 0.627. The van der Waals surface area contributed by atoms with Gasteiger partial charge in [-0.25, -0.2) is 22.6 Å². The van der Waals surface area contributed by atoms with Crippen LogP contribution in [-0.4, -0.2) is 41.6 Å². The van der Waals surface area contributed by atoms with Crippen molar-refractivity contribution in [3.05, 3.63) is 24.5 Å². The molecule has 8 heteroatoms. The van der Waals surface area contributed by atoms with E-state index in [2.05, 4.69) is 14.8 Å². The van der Waals surface area contributed by atoms with Crippen molar-refractivity contribution in [2.75, 3.05) is 18.6 Å². The van der Waals surface area contributed by atoms with Gasteiger partial charge in [0.05, 0.1) is 5.75 Å². The van der Waals surface area contributed by atoms with Crippen LogP contribution in [0.3, 0.4) is 0 Å². The Labute approximate surface area is 110 Å². The first kappa shape index (κ1) is 13.3. The minimum atomic E-state index is -3.10. The van der Waals surface area contributed by atoms with Crippen molar-refractivity contribution in [3.8, 4) is 0 Å². The zero-order valence-electron chi connectivity index (χ0n) is 9.91. The van der Waals surface area contributed by atoms with Crippen LogP contribution in [0.4, 0.5) is 0 Å². The number of aromatic nitrogens is 3. The van der Waals surface area contributed by atoms with Crippen molar-refractivity contribution in [2.45, 2.75) is 11.4 Å². The molecule has 0 aliphatic rings. The maximum Gasteiger partial charge on any atom is 0.211 e. The summed E-state index contributed by atoms with van der Waals surface area (Å²) in [5, 5.41) is 5.20. The predicted molar refractivity (Wildman–Crippen MR) is 71.2 cm³/mol. The van der Waals surface area contributed by atoms with E-state index in [1.54, 1.807) is 16.9 Å². The third-order valence-corrected chi connectivity index (χ3v) is 4.80. The lowest BCUT2D eigenvalue weighted by Gasteiger charge is -2.02. The molecule has 0 amide bonds. The Morgan fingerprint density at radius 2 is 2.28 bits per heavy atom. The van der Waals surface area contributed by atoms with E-state index in [4.69, 9.17) is 0 Å². The first-order valence-corrected chi connectivity index (χ1v) is 8.09. The van der Waals surface area contributed by atoms with Crippen LogP contribution in [0.5, 0.6) is 0 Å². The number of hydrogen-bond acceptors (Lipinski definition) is 5. The van der Waals surface area contributed by atoms with E-state index in [0.29, 0.717) is 12.2 Å². The number of nitrogens with one attached hydrogen (secondary N) is 1. The third kappa shape index (κ3) is 3.44. The summed E-state index contributed by atoms with van der Waals surface area (Å²) in [6.07, 6.45) is 4.07. The second kappa shape index (κ2) is 5.68. The van der Waals surface area contributed by atoms with Gasteiger partial charge in [0.2, 0.25) is 10.0 Å². The molecule has 0 spiro atoms. The van der Waals surface area contributed by atoms with Gasteiger partial charge in [0.1, 0.15) is 5.03 Å². The number of rotatable bonds is 6. The molecule has 0 aliphatic carbocycles. The standard InChI is InChI=1S/C10H14N4O2S2/c1-11-18(15,16)8-2-7-17-10-4-3-9-12-5-6-14(9)13-10/h3-6,11H,2,7-8H2,1H3. The van der Waals surface area contributed by atoms with Crippen LogP contribution in [0, 0.1) is 0 Å². The van der Waals surface area contributed by atoms with Crippen molar-refractivity contribution >= 4 is 27.4 Å². The number of sulfonamides is 1. The highest BCUT2D eigenvalue weighted by atomic mass is 32.2. The number of fused-ring (bicyclic) bond motifs is 1. The molecule has 2 aromatic rings. The molecule has 6 nitrogen and oxygen atoms in total. The van der Waals surface area contributed by atoms with E-state index in [-0.39, 0.29) is 5.75 Å². The molecule has 0 atom stereocenters. The fourth-order valence-electron chi connectivity index (χ4n) is 1.40. The average Bonchev–Trinajstić information content (AvgIpc) is 2.82. The number of nitrogens with zero attached hydrogens (tertiary/aromatic N) is 3. The molecule has 2 heterocycles. The smallest absolute Gasteiger partial charge is 0.211 e. The molecule has 0 bridgehead atoms. The van der Waals surface area contributed by atoms with E-state index in [9.17, 15) is 8.42 Å². The van der Waals surface area contributed by atoms with Crippen LogP contribution in [0.1, 0.15) is 6.42 Å². The van der Waals surface area contributed by atoms with E-state index in [1.165, 1.54) is 18.8 Å². The molecule has 0 fully saturated rings. The van der Waals surface area contributed by atoms with Crippen LogP contribution in [0.15, 0.2) is 29.6 Å². The van der Waals surface area contributed by atoms with Crippen molar-refractivity contribution in [3.63, 3.8) is 0 Å². The molecule has 2 aromatic heterocycles. The Balaban J connectivity index is 1.86. The van der Waals surface area contributed by atoms with Crippen molar-refractivity contribution < 1.29 is 8.42 Å². The van der Waals surface area contributed by atoms with Gasteiger partial charge in [-0.05, 0) is 25.6 Å². The minimum Gasteiger partial charge on any atom is -0.236 e. The summed E-state index contributed by atoms with van der Waals surface area (Å²) in [6.45, 7) is 0. The van der Waals surface area contributed by atoms with Crippen molar-refractivity contribution in [2.24, 2.45) is 0 Å². The van der Waals surface area contributed by atoms with Gasteiger partial charge in [-0.2, -0.15) is 5.10 Å². The summed E-state index contributed by atoms with van der Waals surface area (Å²) in [5.41, 5.74) is 0.803. The monoisotopic (exact) mass is 286 g/mol. The highest BCUT2D eigenvalue weighted by molar-refractivity contribution is 7.99. The fourth-order valence-corrected chi connectivity index (χ4v) is 3.12. The lowest BCUT2D eigenvalue weighted by molar-refractivity contribution is 0.587. The van der Waals surface area contributed by atoms with Crippen LogP contribution in [0.2, 0.25) is 0 Å². The van der Waals surface area contributed by atoms with Crippen LogP contribution in [-0.2, 0) is 10.0 Å². The molecule has 0 saturated heterocycles. The Hall–Kier alpha value is -1.12. The normalized spacial score (nSPS) is 12.1. The number of thioether (sulfide) groups is 1. The Kier molecular flexibility index (Phi) is 4.20. The van der Waals surface area contributed by atoms with Gasteiger partial charge in [0.15, 0.2) is 5.65 Å². The van der Waals surface area contributed by atoms with Gasteiger partial charge in [0.25, 0.3) is 0 Å². The molecule has 0 radical (unpaired) electrons. The minimum absolute atomic E-state index is 0.143. The largest absolute Gasteiger partial charge is 0.236 e. The zero-order chi connectivity index (χ0) is 13.0. The highest BCUT2D eigenvalue weighted by Gasteiger charge is 2.06. The molecular formula is C10H14N4O2S2. The average molecular weight is 286 g/mol. The Morgan fingerprint density at radius 3 is 3.06 bits per heavy atom. The lowest BCUT2D eigenvalue weighted by Crippen LogP contribution is -2.22. The second-order valence-electron chi connectivity index (χ2n) is 3.63. The zero-order valence-corrected chi connectivity index (χ0v) is 11.5. The van der Waals surface area contributed by atoms with E-state index < -0.39 is 10.0 Å². The number of imidazole rings is 1. The van der Waals surface area contributed by atoms with Crippen LogP contribution >= 0.6 is 11.8 Å². The molecular weight excluding hydrogens is 272 g/mol. The summed E-state index contributed by atoms with van der Waals surface area (Å²) in [5.74, 6) is 0.859. The predicted octanol–water partition coefficient (Wildman–Crippen LogP) is 0.761. The van der Waals surface area contributed by atoms with Crippen LogP contribution in [0.25, 0.3) is 5.65 Å². The van der Waals surface area contributed by atoms with Gasteiger partial charge < -0.3 is 0 Å². The van der Waals surface area contributed by atoms with E-state index in [0.717, 1.165) is 10.7 Å². The second-order valence-corrected chi connectivity index (χ2v) is 6.79. The van der Waals surface area contributed by atoms with Crippen molar-refractivity contribution in [1.29, 1.82) is 0 Å². The highest BCUT2D eigenvalue weighted by Crippen LogP contribution is 2.16. The van der Waals surface area contributed by atoms with Gasteiger partial charge in [-0.3, -0.25) is 0 Å². The molecule has 1 N–H and O–H groups in total. The molecule has 0 saturated carbocycles. The summed E-state index contributed by atoms with van der Waals surface area (Å²) in [4.78, 5) is 4.10. The first-order valence-electron chi connectivity index (χ1n) is 5.45. The number of hydrogen-bond donors (Lipinski definition) is 1. The maximum absolute atomic E-state index is 11.2. The Morgan fingerprint density at radius 1 is 1.44 bits per heavy atom. The SMILES string of the molecule is CNS(=O)(=O)CCCSc1ccc2nccn2n1. The molecule has 0 unspecified atom stereocenters. The van der Waals surface area contributed by atoms with Gasteiger partial charge in [-0.15, -0.1) is 11.8 Å². The molecule has 0 aromatic carbocycles. The lowest BCUT2D eigenvalue weighted by atomic mass is 10.6. The summed E-state index contributed by atoms with van der Waals surface area (Å²) in [7, 11) is -1.67. The summed E-state index contributed by atoms with van der Waals surface area (Å²) >= 11 is 1.54. The molecule has 0 aliphatic heterocycles. The van der Waals surface area contributed by atoms with E-state index >= 15 is 0 Å². The Bertz CT molecular complexity index is 624. The summed E-state index contributed by atoms with van der Waals surface area (Å²) in [6, 6.07) is 3.78. The maximum atomic E-state index is 11.2. The molecule has 2 rings (SSSR count). The topological polar surface area (TPSA) is 76.4 Å². The third-order valence-electron chi connectivity index (χ3n) is 2.35. The summed E-state index contributed by atoms with van der Waals surface area (Å²) < 4.78 is 26.4. The van der Waals surface area contributed by atoms with Gasteiger partial charge in [-0.1, -0.05) is 0 Å². The van der Waals surface area contributed by atoms with Gasteiger partial charge >= 0.3 is 0 Å². The van der Waals surface area contributed by atoms with E-state index in [1.807, 2.05) is 12.1 Å². The van der Waals surface area contributed by atoms with Crippen molar-refractivity contribution in [1.82, 2.24) is 19.3 Å². The first-order chi connectivity index (χ1) is 8.61. The molecule has 18 heavy (non-hydrogen) atoms.